The topological polar surface area (TPSA) is 56.5 Å². The van der Waals surface area contributed by atoms with Crippen molar-refractivity contribution >= 4 is 28.9 Å². The van der Waals surface area contributed by atoms with Gasteiger partial charge in [0.15, 0.2) is 0 Å². The van der Waals surface area contributed by atoms with Crippen molar-refractivity contribution in [3.63, 3.8) is 0 Å². The molecule has 0 saturated carbocycles. The van der Waals surface area contributed by atoms with Gasteiger partial charge >= 0.3 is 0 Å². The largest absolute Gasteiger partial charge is 0.396 e. The van der Waals surface area contributed by atoms with E-state index in [2.05, 4.69) is 5.32 Å². The van der Waals surface area contributed by atoms with Crippen molar-refractivity contribution in [1.82, 2.24) is 5.32 Å². The molecule has 0 aliphatic carbocycles. The van der Waals surface area contributed by atoms with Gasteiger partial charge in [-0.1, -0.05) is 23.2 Å². The van der Waals surface area contributed by atoms with E-state index in [0.717, 1.165) is 5.56 Å². The third kappa shape index (κ3) is 4.63. The number of nitrogen functional groups attached to an aromatic ring is 1. The van der Waals surface area contributed by atoms with E-state index < -0.39 is 0 Å². The van der Waals surface area contributed by atoms with E-state index >= 15 is 0 Å². The molecule has 102 valence electrons. The van der Waals surface area contributed by atoms with Crippen LogP contribution in [0.15, 0.2) is 12.1 Å². The third-order valence-electron chi connectivity index (χ3n) is 2.53. The zero-order valence-electron chi connectivity index (χ0n) is 10.5. The molecule has 1 unspecified atom stereocenters. The normalized spacial score (nSPS) is 12.7. The Morgan fingerprint density at radius 1 is 1.28 bits per heavy atom. The molecule has 6 heteroatoms. The molecule has 0 fully saturated rings. The maximum Gasteiger partial charge on any atom is 0.0928 e. The van der Waals surface area contributed by atoms with E-state index in [1.807, 2.05) is 0 Å². The van der Waals surface area contributed by atoms with Crippen LogP contribution in [-0.2, 0) is 16.0 Å². The molecule has 0 bridgehead atoms. The van der Waals surface area contributed by atoms with Gasteiger partial charge in [-0.3, -0.25) is 0 Å². The van der Waals surface area contributed by atoms with E-state index in [4.69, 9.17) is 38.4 Å². The van der Waals surface area contributed by atoms with Crippen LogP contribution in [0.25, 0.3) is 0 Å². The van der Waals surface area contributed by atoms with Crippen molar-refractivity contribution in [2.24, 2.45) is 0 Å². The quantitative estimate of drug-likeness (QED) is 0.758. The Kier molecular flexibility index (Phi) is 6.75. The number of nitrogens with two attached hydrogens (primary N) is 1. The number of benzene rings is 1. The summed E-state index contributed by atoms with van der Waals surface area (Å²) >= 11 is 11.9. The highest BCUT2D eigenvalue weighted by Crippen LogP contribution is 2.28. The molecule has 18 heavy (non-hydrogen) atoms. The first-order chi connectivity index (χ1) is 8.58. The summed E-state index contributed by atoms with van der Waals surface area (Å²) in [6.45, 7) is 1.87. The molecule has 4 nitrogen and oxygen atoms in total. The second-order valence-corrected chi connectivity index (χ2v) is 4.73. The Labute approximate surface area is 117 Å². The summed E-state index contributed by atoms with van der Waals surface area (Å²) in [6, 6.07) is 3.60. The van der Waals surface area contributed by atoms with E-state index in [-0.39, 0.29) is 6.10 Å². The highest BCUT2D eigenvalue weighted by Gasteiger charge is 2.07. The van der Waals surface area contributed by atoms with Crippen LogP contribution in [0.2, 0.25) is 10.0 Å². The van der Waals surface area contributed by atoms with Gasteiger partial charge in [0.25, 0.3) is 0 Å². The standard InChI is InChI=1S/C12H18Cl2N2O2/c1-17-7-9(18-2)6-16-5-8-3-10(13)12(15)11(14)4-8/h3-4,9,16H,5-7,15H2,1-2H3. The van der Waals surface area contributed by atoms with Crippen LogP contribution in [0.5, 0.6) is 0 Å². The van der Waals surface area contributed by atoms with E-state index in [1.165, 1.54) is 0 Å². The van der Waals surface area contributed by atoms with Gasteiger partial charge in [0, 0.05) is 27.3 Å². The first-order valence-corrected chi connectivity index (χ1v) is 6.30. The Hall–Kier alpha value is -0.520. The first-order valence-electron chi connectivity index (χ1n) is 5.54. The van der Waals surface area contributed by atoms with Crippen molar-refractivity contribution in [2.45, 2.75) is 12.6 Å². The molecule has 1 rings (SSSR count). The number of anilines is 1. The summed E-state index contributed by atoms with van der Waals surface area (Å²) in [5.74, 6) is 0. The van der Waals surface area contributed by atoms with Gasteiger partial charge in [-0.25, -0.2) is 0 Å². The highest BCUT2D eigenvalue weighted by molar-refractivity contribution is 6.38. The lowest BCUT2D eigenvalue weighted by Gasteiger charge is -2.15. The molecule has 0 amide bonds. The molecular formula is C12H18Cl2N2O2. The molecule has 1 atom stereocenters. The van der Waals surface area contributed by atoms with Gasteiger partial charge in [-0.15, -0.1) is 0 Å². The maximum atomic E-state index is 5.96. The third-order valence-corrected chi connectivity index (χ3v) is 3.15. The fourth-order valence-corrected chi connectivity index (χ4v) is 2.04. The molecule has 1 aromatic carbocycles. The lowest BCUT2D eigenvalue weighted by Crippen LogP contribution is -2.31. The van der Waals surface area contributed by atoms with Crippen molar-refractivity contribution in [3.8, 4) is 0 Å². The monoisotopic (exact) mass is 292 g/mol. The van der Waals surface area contributed by atoms with Crippen molar-refractivity contribution in [2.75, 3.05) is 33.1 Å². The smallest absolute Gasteiger partial charge is 0.0928 e. The van der Waals surface area contributed by atoms with Gasteiger partial charge in [0.05, 0.1) is 28.4 Å². The highest BCUT2D eigenvalue weighted by atomic mass is 35.5. The van der Waals surface area contributed by atoms with Crippen LogP contribution >= 0.6 is 23.2 Å². The van der Waals surface area contributed by atoms with Gasteiger partial charge < -0.3 is 20.5 Å². The van der Waals surface area contributed by atoms with Gasteiger partial charge in [-0.05, 0) is 17.7 Å². The maximum absolute atomic E-state index is 5.96. The number of nitrogens with one attached hydrogen (secondary N) is 1. The van der Waals surface area contributed by atoms with E-state index in [1.54, 1.807) is 26.4 Å². The lowest BCUT2D eigenvalue weighted by atomic mass is 10.2. The van der Waals surface area contributed by atoms with Crippen molar-refractivity contribution in [3.05, 3.63) is 27.7 Å². The zero-order chi connectivity index (χ0) is 13.5. The molecule has 0 radical (unpaired) electrons. The molecule has 0 aromatic heterocycles. The molecule has 1 aromatic rings. The predicted octanol–water partition coefficient (Wildman–Crippen LogP) is 2.33. The summed E-state index contributed by atoms with van der Waals surface area (Å²) in [6.07, 6.45) is 0.0229. The first kappa shape index (κ1) is 15.5. The molecule has 0 aliphatic rings. The Balaban J connectivity index is 2.48. The Bertz CT molecular complexity index is 365. The van der Waals surface area contributed by atoms with Crippen LogP contribution < -0.4 is 11.1 Å². The second-order valence-electron chi connectivity index (χ2n) is 3.92. The fourth-order valence-electron chi connectivity index (χ4n) is 1.51. The summed E-state index contributed by atoms with van der Waals surface area (Å²) in [7, 11) is 3.30. The second kappa shape index (κ2) is 7.81. The molecule has 3 N–H and O–H groups in total. The number of ether oxygens (including phenoxy) is 2. The van der Waals surface area contributed by atoms with Gasteiger partial charge in [-0.2, -0.15) is 0 Å². The molecule has 0 spiro atoms. The fraction of sp³-hybridized carbons (Fsp3) is 0.500. The molecule has 0 heterocycles. The Morgan fingerprint density at radius 2 is 1.89 bits per heavy atom. The van der Waals surface area contributed by atoms with Crippen LogP contribution in [-0.4, -0.2) is 33.5 Å². The van der Waals surface area contributed by atoms with E-state index in [9.17, 15) is 0 Å². The van der Waals surface area contributed by atoms with Crippen LogP contribution in [0, 0.1) is 0 Å². The SMILES string of the molecule is COCC(CNCc1cc(Cl)c(N)c(Cl)c1)OC. The number of hydrogen-bond donors (Lipinski definition) is 2. The van der Waals surface area contributed by atoms with Crippen LogP contribution in [0.3, 0.4) is 0 Å². The molecule has 0 aliphatic heterocycles. The average molecular weight is 293 g/mol. The minimum atomic E-state index is 0.0229. The lowest BCUT2D eigenvalue weighted by molar-refractivity contribution is 0.0288. The minimum Gasteiger partial charge on any atom is -0.396 e. The van der Waals surface area contributed by atoms with Gasteiger partial charge in [0.2, 0.25) is 0 Å². The van der Waals surface area contributed by atoms with Crippen LogP contribution in [0.4, 0.5) is 5.69 Å². The van der Waals surface area contributed by atoms with E-state index in [0.29, 0.717) is 35.4 Å². The van der Waals surface area contributed by atoms with Crippen molar-refractivity contribution in [1.29, 1.82) is 0 Å². The number of methoxy groups -OCH3 is 2. The van der Waals surface area contributed by atoms with Gasteiger partial charge in [0.1, 0.15) is 0 Å². The van der Waals surface area contributed by atoms with Crippen molar-refractivity contribution < 1.29 is 9.47 Å². The summed E-state index contributed by atoms with van der Waals surface area (Å²) in [4.78, 5) is 0. The number of hydrogen-bond acceptors (Lipinski definition) is 4. The minimum absolute atomic E-state index is 0.0229. The molecule has 0 saturated heterocycles. The molecular weight excluding hydrogens is 275 g/mol. The summed E-state index contributed by atoms with van der Waals surface area (Å²) in [5, 5.41) is 4.19. The number of rotatable bonds is 7. The zero-order valence-corrected chi connectivity index (χ0v) is 12.0. The van der Waals surface area contributed by atoms with Crippen LogP contribution in [0.1, 0.15) is 5.56 Å². The summed E-state index contributed by atoms with van der Waals surface area (Å²) in [5.41, 5.74) is 7.06. The average Bonchev–Trinajstić information content (AvgIpc) is 2.34. The number of halogens is 2. The predicted molar refractivity (Wildman–Crippen MR) is 75.3 cm³/mol. The summed E-state index contributed by atoms with van der Waals surface area (Å²) < 4.78 is 10.3. The Morgan fingerprint density at radius 3 is 2.39 bits per heavy atom.